The standard InChI is InChI=1S/C20H14Cl2N4O/c21-16-8-14(6-7-18(16)27-11-13-4-2-1-3-5-13)26-20-15-9-19(22)23-10-17(15)24-12-25-20/h1-10,12H,11H2,(H,24,25,26). The second-order valence-electron chi connectivity index (χ2n) is 5.79. The first-order chi connectivity index (χ1) is 13.2. The van der Waals surface area contributed by atoms with Crippen molar-refractivity contribution in [2.45, 2.75) is 6.61 Å². The fraction of sp³-hybridized carbons (Fsp3) is 0.0500. The van der Waals surface area contributed by atoms with Gasteiger partial charge in [0.1, 0.15) is 29.7 Å². The number of rotatable bonds is 5. The van der Waals surface area contributed by atoms with E-state index in [2.05, 4.69) is 20.3 Å². The van der Waals surface area contributed by atoms with Crippen LogP contribution in [0.25, 0.3) is 10.9 Å². The SMILES string of the molecule is Clc1cc2c(Nc3ccc(OCc4ccccc4)c(Cl)c3)ncnc2cn1. The summed E-state index contributed by atoms with van der Waals surface area (Å²) in [5.41, 5.74) is 2.56. The molecule has 5 nitrogen and oxygen atoms in total. The van der Waals surface area contributed by atoms with E-state index < -0.39 is 0 Å². The van der Waals surface area contributed by atoms with Crippen LogP contribution in [0.4, 0.5) is 11.5 Å². The fourth-order valence-electron chi connectivity index (χ4n) is 2.60. The summed E-state index contributed by atoms with van der Waals surface area (Å²) in [7, 11) is 0. The number of hydrogen-bond acceptors (Lipinski definition) is 5. The summed E-state index contributed by atoms with van der Waals surface area (Å²) in [5.74, 6) is 1.24. The molecule has 1 N–H and O–H groups in total. The quantitative estimate of drug-likeness (QED) is 0.441. The molecule has 0 aliphatic rings. The second kappa shape index (κ2) is 7.78. The number of aromatic nitrogens is 3. The predicted octanol–water partition coefficient (Wildman–Crippen LogP) is 5.65. The van der Waals surface area contributed by atoms with Gasteiger partial charge in [0.25, 0.3) is 0 Å². The Morgan fingerprint density at radius 3 is 2.59 bits per heavy atom. The third kappa shape index (κ3) is 4.10. The molecule has 134 valence electrons. The molecule has 0 amide bonds. The van der Waals surface area contributed by atoms with Crippen LogP contribution in [-0.2, 0) is 6.61 Å². The molecule has 0 spiro atoms. The fourth-order valence-corrected chi connectivity index (χ4v) is 2.99. The van der Waals surface area contributed by atoms with Gasteiger partial charge in [0.2, 0.25) is 0 Å². The maximum absolute atomic E-state index is 6.38. The number of halogens is 2. The molecule has 2 aromatic carbocycles. The zero-order valence-corrected chi connectivity index (χ0v) is 15.6. The van der Waals surface area contributed by atoms with E-state index in [-0.39, 0.29) is 0 Å². The van der Waals surface area contributed by atoms with Gasteiger partial charge >= 0.3 is 0 Å². The molecule has 2 aromatic heterocycles. The monoisotopic (exact) mass is 396 g/mol. The third-order valence-corrected chi connectivity index (χ3v) is 4.42. The minimum absolute atomic E-state index is 0.378. The van der Waals surface area contributed by atoms with E-state index in [1.165, 1.54) is 6.33 Å². The van der Waals surface area contributed by atoms with Gasteiger partial charge in [0.15, 0.2) is 0 Å². The highest BCUT2D eigenvalue weighted by Crippen LogP contribution is 2.31. The zero-order chi connectivity index (χ0) is 18.6. The summed E-state index contributed by atoms with van der Waals surface area (Å²) in [5, 5.41) is 4.90. The number of benzene rings is 2. The molecule has 0 aliphatic heterocycles. The molecule has 7 heteroatoms. The van der Waals surface area contributed by atoms with Crippen molar-refractivity contribution in [1.29, 1.82) is 0 Å². The molecule has 0 bridgehead atoms. The minimum Gasteiger partial charge on any atom is -0.487 e. The van der Waals surface area contributed by atoms with Gasteiger partial charge in [-0.1, -0.05) is 53.5 Å². The second-order valence-corrected chi connectivity index (χ2v) is 6.59. The van der Waals surface area contributed by atoms with Gasteiger partial charge in [-0.2, -0.15) is 0 Å². The molecule has 2 heterocycles. The lowest BCUT2D eigenvalue weighted by Crippen LogP contribution is -1.98. The zero-order valence-electron chi connectivity index (χ0n) is 14.1. The smallest absolute Gasteiger partial charge is 0.141 e. The first-order valence-corrected chi connectivity index (χ1v) is 8.94. The van der Waals surface area contributed by atoms with E-state index in [1.54, 1.807) is 18.3 Å². The van der Waals surface area contributed by atoms with Gasteiger partial charge in [-0.15, -0.1) is 0 Å². The Kier molecular flexibility index (Phi) is 5.05. The van der Waals surface area contributed by atoms with Crippen LogP contribution < -0.4 is 10.1 Å². The number of anilines is 2. The lowest BCUT2D eigenvalue weighted by atomic mass is 10.2. The summed E-state index contributed by atoms with van der Waals surface area (Å²) >= 11 is 12.4. The van der Waals surface area contributed by atoms with E-state index in [9.17, 15) is 0 Å². The summed E-state index contributed by atoms with van der Waals surface area (Å²) in [6.07, 6.45) is 3.08. The van der Waals surface area contributed by atoms with Crippen LogP contribution in [0.5, 0.6) is 5.75 Å². The average Bonchev–Trinajstić information content (AvgIpc) is 2.69. The minimum atomic E-state index is 0.378. The molecule has 0 radical (unpaired) electrons. The number of fused-ring (bicyclic) bond motifs is 1. The van der Waals surface area contributed by atoms with E-state index >= 15 is 0 Å². The lowest BCUT2D eigenvalue weighted by Gasteiger charge is -2.12. The molecule has 0 aliphatic carbocycles. The van der Waals surface area contributed by atoms with Gasteiger partial charge in [-0.3, -0.25) is 0 Å². The molecule has 0 saturated carbocycles. The topological polar surface area (TPSA) is 59.9 Å². The van der Waals surface area contributed by atoms with Crippen LogP contribution in [-0.4, -0.2) is 15.0 Å². The maximum atomic E-state index is 6.38. The van der Waals surface area contributed by atoms with E-state index in [1.807, 2.05) is 42.5 Å². The van der Waals surface area contributed by atoms with Crippen molar-refractivity contribution in [3.05, 3.63) is 82.9 Å². The van der Waals surface area contributed by atoms with Crippen molar-refractivity contribution in [1.82, 2.24) is 15.0 Å². The molecule has 0 atom stereocenters. The number of nitrogens with zero attached hydrogens (tertiary/aromatic N) is 3. The molecular formula is C20H14Cl2N4O. The van der Waals surface area contributed by atoms with E-state index in [4.69, 9.17) is 27.9 Å². The Labute approximate surface area is 166 Å². The summed E-state index contributed by atoms with van der Waals surface area (Å²) in [6, 6.07) is 17.1. The van der Waals surface area contributed by atoms with Crippen molar-refractivity contribution in [3.63, 3.8) is 0 Å². The average molecular weight is 397 g/mol. The summed E-state index contributed by atoms with van der Waals surface area (Å²) < 4.78 is 5.80. The lowest BCUT2D eigenvalue weighted by molar-refractivity contribution is 0.306. The predicted molar refractivity (Wildman–Crippen MR) is 108 cm³/mol. The Hall–Kier alpha value is -2.89. The molecule has 4 rings (SSSR count). The Bertz CT molecular complexity index is 1090. The van der Waals surface area contributed by atoms with Crippen LogP contribution >= 0.6 is 23.2 Å². The molecule has 4 aromatic rings. The first kappa shape index (κ1) is 17.5. The molecule has 0 saturated heterocycles. The largest absolute Gasteiger partial charge is 0.487 e. The summed E-state index contributed by atoms with van der Waals surface area (Å²) in [6.45, 7) is 0.454. The van der Waals surface area contributed by atoms with Crippen LogP contribution in [0, 0.1) is 0 Å². The van der Waals surface area contributed by atoms with Crippen LogP contribution in [0.15, 0.2) is 67.1 Å². The molecule has 0 unspecified atom stereocenters. The number of hydrogen-bond donors (Lipinski definition) is 1. The van der Waals surface area contributed by atoms with Crippen LogP contribution in [0.3, 0.4) is 0 Å². The number of ether oxygens (including phenoxy) is 1. The molecular weight excluding hydrogens is 383 g/mol. The Morgan fingerprint density at radius 1 is 0.926 bits per heavy atom. The van der Waals surface area contributed by atoms with Crippen molar-refractivity contribution in [2.75, 3.05) is 5.32 Å². The van der Waals surface area contributed by atoms with Crippen molar-refractivity contribution in [2.24, 2.45) is 0 Å². The van der Waals surface area contributed by atoms with Gasteiger partial charge in [0, 0.05) is 11.1 Å². The maximum Gasteiger partial charge on any atom is 0.141 e. The third-order valence-electron chi connectivity index (χ3n) is 3.92. The Morgan fingerprint density at radius 2 is 1.78 bits per heavy atom. The Balaban J connectivity index is 1.54. The molecule has 0 fully saturated rings. The van der Waals surface area contributed by atoms with E-state index in [0.29, 0.717) is 33.9 Å². The number of pyridine rings is 1. The van der Waals surface area contributed by atoms with Crippen LogP contribution in [0.2, 0.25) is 10.2 Å². The highest BCUT2D eigenvalue weighted by Gasteiger charge is 2.08. The number of nitrogens with one attached hydrogen (secondary N) is 1. The van der Waals surface area contributed by atoms with Gasteiger partial charge in [-0.05, 0) is 29.8 Å². The van der Waals surface area contributed by atoms with Gasteiger partial charge < -0.3 is 10.1 Å². The van der Waals surface area contributed by atoms with Crippen molar-refractivity contribution >= 4 is 45.6 Å². The van der Waals surface area contributed by atoms with Crippen molar-refractivity contribution in [3.8, 4) is 5.75 Å². The van der Waals surface area contributed by atoms with Crippen molar-refractivity contribution < 1.29 is 4.74 Å². The van der Waals surface area contributed by atoms with E-state index in [0.717, 1.165) is 16.6 Å². The highest BCUT2D eigenvalue weighted by molar-refractivity contribution is 6.32. The summed E-state index contributed by atoms with van der Waals surface area (Å²) in [4.78, 5) is 12.5. The van der Waals surface area contributed by atoms with Gasteiger partial charge in [-0.25, -0.2) is 15.0 Å². The normalized spacial score (nSPS) is 10.7. The first-order valence-electron chi connectivity index (χ1n) is 8.18. The highest BCUT2D eigenvalue weighted by atomic mass is 35.5. The van der Waals surface area contributed by atoms with Gasteiger partial charge in [0.05, 0.1) is 16.7 Å². The van der Waals surface area contributed by atoms with Crippen LogP contribution in [0.1, 0.15) is 5.56 Å². The molecule has 27 heavy (non-hydrogen) atoms.